The van der Waals surface area contributed by atoms with Crippen molar-refractivity contribution < 1.29 is 15.0 Å². The summed E-state index contributed by atoms with van der Waals surface area (Å²) in [7, 11) is 0. The van der Waals surface area contributed by atoms with Gasteiger partial charge >= 0.3 is 6.03 Å². The van der Waals surface area contributed by atoms with Gasteiger partial charge in [0.25, 0.3) is 0 Å². The summed E-state index contributed by atoms with van der Waals surface area (Å²) in [6.45, 7) is 2.12. The Bertz CT molecular complexity index is 419. The molecule has 1 aliphatic heterocycles. The van der Waals surface area contributed by atoms with E-state index in [1.807, 2.05) is 31.2 Å². The number of nitrogens with zero attached hydrogens (tertiary/aromatic N) is 1. The molecule has 2 atom stereocenters. The van der Waals surface area contributed by atoms with E-state index in [0.717, 1.165) is 5.56 Å². The first-order valence-electron chi connectivity index (χ1n) is 6.03. The lowest BCUT2D eigenvalue weighted by atomic mass is 10.2. The highest BCUT2D eigenvalue weighted by molar-refractivity contribution is 5.89. The fraction of sp³-hybridized carbons (Fsp3) is 0.462. The molecule has 3 N–H and O–H groups in total. The highest BCUT2D eigenvalue weighted by atomic mass is 16.3. The summed E-state index contributed by atoms with van der Waals surface area (Å²) in [6, 6.07) is 6.90. The van der Waals surface area contributed by atoms with Gasteiger partial charge in [-0.25, -0.2) is 4.79 Å². The van der Waals surface area contributed by atoms with Gasteiger partial charge in [0.15, 0.2) is 0 Å². The average Bonchev–Trinajstić information content (AvgIpc) is 2.73. The van der Waals surface area contributed by atoms with Crippen LogP contribution in [0, 0.1) is 6.92 Å². The molecule has 2 amide bonds. The van der Waals surface area contributed by atoms with Crippen molar-refractivity contribution in [3.05, 3.63) is 29.8 Å². The molecule has 1 aromatic carbocycles. The molecule has 0 spiro atoms. The van der Waals surface area contributed by atoms with Crippen molar-refractivity contribution in [2.75, 3.05) is 18.5 Å². The maximum Gasteiger partial charge on any atom is 0.322 e. The van der Waals surface area contributed by atoms with Gasteiger partial charge in [0, 0.05) is 12.2 Å². The van der Waals surface area contributed by atoms with Crippen molar-refractivity contribution >= 4 is 11.7 Å². The molecule has 1 saturated heterocycles. The minimum atomic E-state index is -0.550. The smallest absolute Gasteiger partial charge is 0.322 e. The Labute approximate surface area is 106 Å². The monoisotopic (exact) mass is 250 g/mol. The Morgan fingerprint density at radius 1 is 1.44 bits per heavy atom. The third-order valence-electron chi connectivity index (χ3n) is 3.17. The lowest BCUT2D eigenvalue weighted by Gasteiger charge is -2.23. The number of nitrogens with one attached hydrogen (secondary N) is 1. The van der Waals surface area contributed by atoms with Gasteiger partial charge in [0.2, 0.25) is 0 Å². The molecule has 1 heterocycles. The molecular formula is C13H18N2O3. The molecule has 0 aromatic heterocycles. The molecule has 5 heteroatoms. The molecule has 0 bridgehead atoms. The number of carbonyl (C=O) groups is 1. The quantitative estimate of drug-likeness (QED) is 0.732. The topological polar surface area (TPSA) is 72.8 Å². The Balaban J connectivity index is 2.01. The molecule has 2 rings (SSSR count). The van der Waals surface area contributed by atoms with Gasteiger partial charge in [0.1, 0.15) is 0 Å². The van der Waals surface area contributed by atoms with Crippen molar-refractivity contribution in [3.8, 4) is 0 Å². The van der Waals surface area contributed by atoms with Crippen LogP contribution >= 0.6 is 0 Å². The van der Waals surface area contributed by atoms with Crippen LogP contribution in [0.1, 0.15) is 12.0 Å². The van der Waals surface area contributed by atoms with Gasteiger partial charge in [-0.15, -0.1) is 0 Å². The van der Waals surface area contributed by atoms with E-state index in [1.54, 1.807) is 0 Å². The van der Waals surface area contributed by atoms with Gasteiger partial charge in [-0.05, 0) is 25.5 Å². The lowest BCUT2D eigenvalue weighted by molar-refractivity contribution is 0.164. The molecule has 0 saturated carbocycles. The van der Waals surface area contributed by atoms with E-state index in [2.05, 4.69) is 5.32 Å². The first kappa shape index (κ1) is 12.9. The molecule has 0 unspecified atom stereocenters. The molecule has 18 heavy (non-hydrogen) atoms. The molecule has 0 aliphatic carbocycles. The molecule has 1 aromatic rings. The number of aliphatic hydroxyl groups is 2. The number of urea groups is 1. The number of aryl methyl sites for hydroxylation is 1. The van der Waals surface area contributed by atoms with Crippen molar-refractivity contribution in [1.29, 1.82) is 0 Å². The highest BCUT2D eigenvalue weighted by Gasteiger charge is 2.33. The predicted octanol–water partition coefficient (Wildman–Crippen LogP) is 0.954. The number of likely N-dealkylation sites (tertiary alicyclic amines) is 1. The molecule has 1 fully saturated rings. The lowest BCUT2D eigenvalue weighted by Crippen LogP contribution is -2.40. The Kier molecular flexibility index (Phi) is 3.84. The van der Waals surface area contributed by atoms with Crippen LogP contribution in [0.5, 0.6) is 0 Å². The van der Waals surface area contributed by atoms with E-state index < -0.39 is 6.10 Å². The van der Waals surface area contributed by atoms with Crippen LogP contribution in [-0.4, -0.2) is 46.4 Å². The SMILES string of the molecule is Cc1ccc(NC(=O)N2C[C@H](O)C[C@H]2CO)cc1. The minimum absolute atomic E-state index is 0.127. The number of aliphatic hydroxyl groups excluding tert-OH is 2. The summed E-state index contributed by atoms with van der Waals surface area (Å²) in [5.41, 5.74) is 1.83. The maximum atomic E-state index is 12.0. The van der Waals surface area contributed by atoms with Gasteiger partial charge < -0.3 is 20.4 Å². The fourth-order valence-corrected chi connectivity index (χ4v) is 2.15. The van der Waals surface area contributed by atoms with Crippen LogP contribution in [0.25, 0.3) is 0 Å². The summed E-state index contributed by atoms with van der Waals surface area (Å²) in [4.78, 5) is 13.5. The number of amides is 2. The van der Waals surface area contributed by atoms with E-state index >= 15 is 0 Å². The van der Waals surface area contributed by atoms with Gasteiger partial charge in [-0.2, -0.15) is 0 Å². The standard InChI is InChI=1S/C13H18N2O3/c1-9-2-4-10(5-3-9)14-13(18)15-7-12(17)6-11(15)8-16/h2-5,11-12,16-17H,6-8H2,1H3,(H,14,18)/t11-,12+/m0/s1. The van der Waals surface area contributed by atoms with E-state index in [9.17, 15) is 15.0 Å². The molecular weight excluding hydrogens is 232 g/mol. The zero-order valence-electron chi connectivity index (χ0n) is 10.3. The second-order valence-corrected chi connectivity index (χ2v) is 4.67. The Morgan fingerprint density at radius 2 is 2.11 bits per heavy atom. The molecule has 5 nitrogen and oxygen atoms in total. The summed E-state index contributed by atoms with van der Waals surface area (Å²) >= 11 is 0. The van der Waals surface area contributed by atoms with Crippen molar-refractivity contribution in [2.45, 2.75) is 25.5 Å². The van der Waals surface area contributed by atoms with E-state index in [-0.39, 0.29) is 25.2 Å². The molecule has 1 aliphatic rings. The summed E-state index contributed by atoms with van der Waals surface area (Å²) < 4.78 is 0. The Hall–Kier alpha value is -1.59. The van der Waals surface area contributed by atoms with Gasteiger partial charge in [-0.3, -0.25) is 0 Å². The number of hydrogen-bond acceptors (Lipinski definition) is 3. The predicted molar refractivity (Wildman–Crippen MR) is 68.4 cm³/mol. The number of rotatable bonds is 2. The van der Waals surface area contributed by atoms with E-state index in [1.165, 1.54) is 4.90 Å². The van der Waals surface area contributed by atoms with Crippen molar-refractivity contribution in [1.82, 2.24) is 4.90 Å². The number of benzene rings is 1. The number of carbonyl (C=O) groups excluding carboxylic acids is 1. The second-order valence-electron chi connectivity index (χ2n) is 4.67. The van der Waals surface area contributed by atoms with Crippen LogP contribution in [0.4, 0.5) is 10.5 Å². The van der Waals surface area contributed by atoms with Crippen LogP contribution in [0.15, 0.2) is 24.3 Å². The summed E-state index contributed by atoms with van der Waals surface area (Å²) in [5.74, 6) is 0. The number of β-amino-alcohol motifs (C(OH)–C–C–N with tert-alkyl or cyclic N) is 1. The third kappa shape index (κ3) is 2.80. The number of hydrogen-bond donors (Lipinski definition) is 3. The first-order valence-corrected chi connectivity index (χ1v) is 6.03. The van der Waals surface area contributed by atoms with Crippen LogP contribution < -0.4 is 5.32 Å². The second kappa shape index (κ2) is 5.37. The zero-order valence-corrected chi connectivity index (χ0v) is 10.3. The maximum absolute atomic E-state index is 12.0. The van der Waals surface area contributed by atoms with Crippen LogP contribution in [0.2, 0.25) is 0 Å². The van der Waals surface area contributed by atoms with Crippen LogP contribution in [-0.2, 0) is 0 Å². The fourth-order valence-electron chi connectivity index (χ4n) is 2.15. The normalized spacial score (nSPS) is 23.2. The number of anilines is 1. The third-order valence-corrected chi connectivity index (χ3v) is 3.17. The average molecular weight is 250 g/mol. The molecule has 98 valence electrons. The molecule has 0 radical (unpaired) electrons. The zero-order chi connectivity index (χ0) is 13.1. The van der Waals surface area contributed by atoms with Gasteiger partial charge in [0.05, 0.1) is 18.8 Å². The van der Waals surface area contributed by atoms with Crippen molar-refractivity contribution in [2.24, 2.45) is 0 Å². The van der Waals surface area contributed by atoms with Gasteiger partial charge in [-0.1, -0.05) is 17.7 Å². The summed E-state index contributed by atoms with van der Waals surface area (Å²) in [5, 5.41) is 21.5. The Morgan fingerprint density at radius 3 is 2.72 bits per heavy atom. The minimum Gasteiger partial charge on any atom is -0.394 e. The van der Waals surface area contributed by atoms with E-state index in [0.29, 0.717) is 12.1 Å². The first-order chi connectivity index (χ1) is 8.60. The summed E-state index contributed by atoms with van der Waals surface area (Å²) in [6.07, 6.45) is -0.122. The highest BCUT2D eigenvalue weighted by Crippen LogP contribution is 2.19. The van der Waals surface area contributed by atoms with E-state index in [4.69, 9.17) is 0 Å². The van der Waals surface area contributed by atoms with Crippen molar-refractivity contribution in [3.63, 3.8) is 0 Å². The largest absolute Gasteiger partial charge is 0.394 e. The van der Waals surface area contributed by atoms with Crippen LogP contribution in [0.3, 0.4) is 0 Å².